The van der Waals surface area contributed by atoms with E-state index in [1.165, 1.54) is 38.5 Å². The zero-order valence-electron chi connectivity index (χ0n) is 10.9. The van der Waals surface area contributed by atoms with Gasteiger partial charge in [0.15, 0.2) is 0 Å². The van der Waals surface area contributed by atoms with Crippen LogP contribution in [0.4, 0.5) is 0 Å². The largest absolute Gasteiger partial charge is 0.380 e. The van der Waals surface area contributed by atoms with Crippen LogP contribution in [0.1, 0.15) is 45.4 Å². The van der Waals surface area contributed by atoms with E-state index >= 15 is 0 Å². The Morgan fingerprint density at radius 2 is 2.00 bits per heavy atom. The Hall–Kier alpha value is 0.270. The molecule has 0 amide bonds. The summed E-state index contributed by atoms with van der Waals surface area (Å²) in [6, 6.07) is 0. The SMILES string of the molecule is CCCCOCCNCC1(SC)CCCC1. The Morgan fingerprint density at radius 1 is 1.25 bits per heavy atom. The van der Waals surface area contributed by atoms with E-state index in [2.05, 4.69) is 18.5 Å². The molecule has 0 saturated heterocycles. The monoisotopic (exact) mass is 245 g/mol. The van der Waals surface area contributed by atoms with Crippen molar-refractivity contribution in [2.24, 2.45) is 0 Å². The van der Waals surface area contributed by atoms with Crippen molar-refractivity contribution >= 4 is 11.8 Å². The minimum absolute atomic E-state index is 0.531. The van der Waals surface area contributed by atoms with Crippen molar-refractivity contribution in [3.63, 3.8) is 0 Å². The number of ether oxygens (including phenoxy) is 1. The van der Waals surface area contributed by atoms with Gasteiger partial charge in [-0.3, -0.25) is 0 Å². The summed E-state index contributed by atoms with van der Waals surface area (Å²) in [5.41, 5.74) is 0. The Bertz CT molecular complexity index is 169. The first kappa shape index (κ1) is 14.3. The number of rotatable bonds is 9. The predicted molar refractivity (Wildman–Crippen MR) is 73.3 cm³/mol. The minimum atomic E-state index is 0.531. The molecule has 0 aromatic carbocycles. The lowest BCUT2D eigenvalue weighted by atomic mass is 10.1. The summed E-state index contributed by atoms with van der Waals surface area (Å²) in [6.45, 7) is 6.15. The van der Waals surface area contributed by atoms with E-state index in [1.807, 2.05) is 11.8 Å². The number of hydrogen-bond acceptors (Lipinski definition) is 3. The van der Waals surface area contributed by atoms with Crippen LogP contribution in [-0.2, 0) is 4.74 Å². The highest BCUT2D eigenvalue weighted by atomic mass is 32.2. The van der Waals surface area contributed by atoms with Crippen molar-refractivity contribution in [2.45, 2.75) is 50.2 Å². The lowest BCUT2D eigenvalue weighted by Crippen LogP contribution is -2.36. The molecule has 96 valence electrons. The van der Waals surface area contributed by atoms with Crippen LogP contribution in [0.15, 0.2) is 0 Å². The molecule has 0 unspecified atom stereocenters. The molecule has 0 spiro atoms. The lowest BCUT2D eigenvalue weighted by molar-refractivity contribution is 0.132. The zero-order valence-corrected chi connectivity index (χ0v) is 11.7. The smallest absolute Gasteiger partial charge is 0.0590 e. The molecule has 0 aliphatic heterocycles. The molecule has 0 aromatic rings. The fourth-order valence-electron chi connectivity index (χ4n) is 2.28. The first-order chi connectivity index (χ1) is 7.83. The molecular formula is C13H27NOS. The molecule has 0 bridgehead atoms. The van der Waals surface area contributed by atoms with Crippen molar-refractivity contribution in [1.29, 1.82) is 0 Å². The maximum Gasteiger partial charge on any atom is 0.0590 e. The Balaban J connectivity index is 1.97. The van der Waals surface area contributed by atoms with Crippen LogP contribution in [-0.4, -0.2) is 37.3 Å². The second-order valence-corrected chi connectivity index (χ2v) is 6.01. The average Bonchev–Trinajstić information content (AvgIpc) is 2.77. The highest BCUT2D eigenvalue weighted by molar-refractivity contribution is 8.00. The molecule has 3 heteroatoms. The van der Waals surface area contributed by atoms with Crippen molar-refractivity contribution in [3.8, 4) is 0 Å². The van der Waals surface area contributed by atoms with E-state index < -0.39 is 0 Å². The van der Waals surface area contributed by atoms with Gasteiger partial charge in [0, 0.05) is 24.4 Å². The third-order valence-corrected chi connectivity index (χ3v) is 4.88. The van der Waals surface area contributed by atoms with E-state index in [0.717, 1.165) is 26.3 Å². The van der Waals surface area contributed by atoms with Crippen molar-refractivity contribution < 1.29 is 4.74 Å². The van der Waals surface area contributed by atoms with E-state index in [-0.39, 0.29) is 0 Å². The normalized spacial score (nSPS) is 19.1. The summed E-state index contributed by atoms with van der Waals surface area (Å²) in [5, 5.41) is 3.55. The molecule has 0 atom stereocenters. The highest BCUT2D eigenvalue weighted by Crippen LogP contribution is 2.39. The van der Waals surface area contributed by atoms with Crippen LogP contribution < -0.4 is 5.32 Å². The first-order valence-corrected chi connectivity index (χ1v) is 7.89. The third-order valence-electron chi connectivity index (χ3n) is 3.46. The maximum absolute atomic E-state index is 5.54. The molecule has 1 N–H and O–H groups in total. The van der Waals surface area contributed by atoms with E-state index in [0.29, 0.717) is 4.75 Å². The van der Waals surface area contributed by atoms with Gasteiger partial charge in [0.2, 0.25) is 0 Å². The third kappa shape index (κ3) is 5.07. The number of nitrogens with one attached hydrogen (secondary N) is 1. The summed E-state index contributed by atoms with van der Waals surface area (Å²) in [6.07, 6.45) is 10.3. The fraction of sp³-hybridized carbons (Fsp3) is 1.00. The van der Waals surface area contributed by atoms with E-state index in [4.69, 9.17) is 4.74 Å². The molecule has 0 aromatic heterocycles. The number of thioether (sulfide) groups is 1. The second kappa shape index (κ2) is 8.37. The molecule has 1 saturated carbocycles. The van der Waals surface area contributed by atoms with Crippen LogP contribution in [0.5, 0.6) is 0 Å². The first-order valence-electron chi connectivity index (χ1n) is 6.66. The van der Waals surface area contributed by atoms with Gasteiger partial charge >= 0.3 is 0 Å². The van der Waals surface area contributed by atoms with Crippen LogP contribution >= 0.6 is 11.8 Å². The van der Waals surface area contributed by atoms with E-state index in [9.17, 15) is 0 Å². The standard InChI is InChI=1S/C13H27NOS/c1-3-4-10-15-11-9-14-12-13(16-2)7-5-6-8-13/h14H,3-12H2,1-2H3. The molecule has 1 fully saturated rings. The van der Waals surface area contributed by atoms with Crippen LogP contribution in [0.3, 0.4) is 0 Å². The molecular weight excluding hydrogens is 218 g/mol. The quantitative estimate of drug-likeness (QED) is 0.631. The summed E-state index contributed by atoms with van der Waals surface area (Å²) in [7, 11) is 0. The average molecular weight is 245 g/mol. The minimum Gasteiger partial charge on any atom is -0.380 e. The van der Waals surface area contributed by atoms with Gasteiger partial charge in [0.25, 0.3) is 0 Å². The molecule has 0 radical (unpaired) electrons. The van der Waals surface area contributed by atoms with Gasteiger partial charge in [-0.15, -0.1) is 0 Å². The predicted octanol–water partition coefficient (Wildman–Crippen LogP) is 3.07. The van der Waals surface area contributed by atoms with Gasteiger partial charge in [0.1, 0.15) is 0 Å². The zero-order chi connectivity index (χ0) is 11.7. The van der Waals surface area contributed by atoms with Crippen LogP contribution in [0.25, 0.3) is 0 Å². The topological polar surface area (TPSA) is 21.3 Å². The van der Waals surface area contributed by atoms with Crippen molar-refractivity contribution in [3.05, 3.63) is 0 Å². The highest BCUT2D eigenvalue weighted by Gasteiger charge is 2.32. The summed E-state index contributed by atoms with van der Waals surface area (Å²) in [5.74, 6) is 0. The van der Waals surface area contributed by atoms with Gasteiger partial charge in [0.05, 0.1) is 6.61 Å². The van der Waals surface area contributed by atoms with Gasteiger partial charge in [-0.25, -0.2) is 0 Å². The molecule has 2 nitrogen and oxygen atoms in total. The van der Waals surface area contributed by atoms with Crippen molar-refractivity contribution in [1.82, 2.24) is 5.32 Å². The maximum atomic E-state index is 5.54. The van der Waals surface area contributed by atoms with Crippen LogP contribution in [0.2, 0.25) is 0 Å². The second-order valence-electron chi connectivity index (χ2n) is 4.74. The van der Waals surface area contributed by atoms with Gasteiger partial charge in [-0.1, -0.05) is 26.2 Å². The summed E-state index contributed by atoms with van der Waals surface area (Å²) in [4.78, 5) is 0. The molecule has 1 rings (SSSR count). The van der Waals surface area contributed by atoms with E-state index in [1.54, 1.807) is 0 Å². The molecule has 1 aliphatic carbocycles. The van der Waals surface area contributed by atoms with Crippen molar-refractivity contribution in [2.75, 3.05) is 32.6 Å². The molecule has 16 heavy (non-hydrogen) atoms. The Kier molecular flexibility index (Phi) is 7.50. The number of unbranched alkanes of at least 4 members (excludes halogenated alkanes) is 1. The van der Waals surface area contributed by atoms with Gasteiger partial charge in [-0.05, 0) is 25.5 Å². The summed E-state index contributed by atoms with van der Waals surface area (Å²) < 4.78 is 6.07. The van der Waals surface area contributed by atoms with Gasteiger partial charge < -0.3 is 10.1 Å². The Morgan fingerprint density at radius 3 is 2.62 bits per heavy atom. The van der Waals surface area contributed by atoms with Crippen LogP contribution in [0, 0.1) is 0 Å². The Labute approximate surface area is 105 Å². The van der Waals surface area contributed by atoms with Gasteiger partial charge in [-0.2, -0.15) is 11.8 Å². The molecule has 0 heterocycles. The lowest BCUT2D eigenvalue weighted by Gasteiger charge is -2.27. The molecule has 1 aliphatic rings. The number of hydrogen-bond donors (Lipinski definition) is 1. The fourth-order valence-corrected chi connectivity index (χ4v) is 3.22. The summed E-state index contributed by atoms with van der Waals surface area (Å²) >= 11 is 2.05.